The van der Waals surface area contributed by atoms with Gasteiger partial charge in [-0.15, -0.1) is 11.8 Å². The molecule has 0 saturated carbocycles. The number of aliphatic imine (C=N–C) groups is 1. The SMILES string of the molecule is CCOCCNC(=O)COCC(N)=O.CCOCCOCCNC(=O)[C@@H]1CSCC(=O)N[C@@H](CCCCNC(=O)COCC(=O)NCCOCCOCCOCCOCCOCCNC(=O)CO/N=C/c2ccc([18F])cc2)C(=O)N[C@H]2CSSC[C@H](NC(=O)[C@H](CC(=O)O)NC(=O)CNC(=O)[C@H](CCCN=C(N)N)NC2=O)C(=O)N[C@@H](Cc2ccccc2)C(=O)N1. The van der Waals surface area contributed by atoms with Gasteiger partial charge in [-0.1, -0.05) is 69.2 Å². The van der Waals surface area contributed by atoms with Crippen LogP contribution in [0.15, 0.2) is 64.7 Å². The lowest BCUT2D eigenvalue weighted by Gasteiger charge is -2.27. The highest BCUT2D eigenvalue weighted by atomic mass is 33.1. The standard InChI is InChI=1S/C69H105FN16O23S3.C8H16N2O4/c1-2-101-25-26-104-24-21-76-63(95)53-42-110-45-60(91)80-50(11-6-7-17-73-57(88)39-108-40-58(89)74-19-22-102-27-29-105-31-33-107-34-32-106-30-28-103-23-20-75-59(90)41-109-79-37-47-13-15-48(70)16-14-47)64(96)85-54-43-111-112-44-55(68(100)83-51(65(97)84-53)35-46-9-4-3-5-10-46)86-66(98)52(36-61(92)93)81-56(87)38-78-62(94)49(82-67(54)99)12-8-18-77-69(71)72;1-2-13-4-3-10-8(12)6-14-5-7(9)11/h3-5,9-10,13-16,37,49-55H,2,6-8,11-12,17-36,38-45H2,1H3,(H,73,88)(H,74,89)(H,75,90)(H,76,95)(H,78,94)(H,80,91)(H,81,87)(H,82,99)(H,83,100)(H,84,97)(H,85,96)(H,86,98)(H,92,93)(H4,71,72,77);2-6H2,1H3,(H2,9,11)(H,10,12)/b79-37+;/t49-,50-,51-,52-,53-,54-,55-;/m0./s1/i70-1;. The molecule has 2 aromatic carbocycles. The van der Waals surface area contributed by atoms with Gasteiger partial charge in [-0.25, -0.2) is 4.39 Å². The second-order valence-electron chi connectivity index (χ2n) is 26.9. The zero-order chi connectivity index (χ0) is 92.2. The number of fused-ring (bicyclic) bond motifs is 5. The fourth-order valence-corrected chi connectivity index (χ4v) is 13.6. The van der Waals surface area contributed by atoms with Gasteiger partial charge in [0.15, 0.2) is 12.6 Å². The molecule has 0 unspecified atom stereocenters. The van der Waals surface area contributed by atoms with Crippen LogP contribution in [0.3, 0.4) is 0 Å². The number of oxime groups is 1. The second kappa shape index (κ2) is 69.9. The number of nitrogens with zero attached hydrogens (tertiary/aromatic N) is 2. The molecule has 2 heterocycles. The molecule has 2 aliphatic heterocycles. The smallest absolute Gasteiger partial charge is 0.305 e. The molecule has 2 saturated heterocycles. The largest absolute Gasteiger partial charge is 0.481 e. The predicted molar refractivity (Wildman–Crippen MR) is 459 cm³/mol. The van der Waals surface area contributed by atoms with Gasteiger partial charge in [0, 0.05) is 76.2 Å². The van der Waals surface area contributed by atoms with Gasteiger partial charge in [-0.2, -0.15) is 0 Å². The predicted octanol–water partition coefficient (Wildman–Crippen LogP) is -5.97. The maximum Gasteiger partial charge on any atom is 0.305 e. The molecule has 2 bridgehead atoms. The molecular formula is C77H121FN18O27S3. The van der Waals surface area contributed by atoms with Crippen LogP contribution < -0.4 is 86.3 Å². The Hall–Kier alpha value is -10.2. The van der Waals surface area contributed by atoms with Crippen LogP contribution >= 0.6 is 33.3 Å². The number of carboxylic acids is 1. The van der Waals surface area contributed by atoms with Gasteiger partial charge in [0.05, 0.1) is 117 Å². The average molecular weight is 1850 g/mol. The molecule has 2 aromatic rings. The Bertz CT molecular complexity index is 3670. The molecule has 2 aliphatic rings. The highest BCUT2D eigenvalue weighted by molar-refractivity contribution is 8.76. The summed E-state index contributed by atoms with van der Waals surface area (Å²) in [6.07, 6.45) is 0.486. The molecule has 0 aliphatic carbocycles. The molecule has 2 fully saturated rings. The fraction of sp³-hybridized carbons (Fsp3) is 0.623. The molecule has 0 radical (unpaired) electrons. The van der Waals surface area contributed by atoms with Crippen molar-refractivity contribution in [3.8, 4) is 0 Å². The number of unbranched alkanes of at least 4 members (excludes halogenated alkanes) is 1. The van der Waals surface area contributed by atoms with E-state index in [0.29, 0.717) is 83.7 Å². The van der Waals surface area contributed by atoms with Gasteiger partial charge in [0.25, 0.3) is 5.91 Å². The van der Waals surface area contributed by atoms with Crippen molar-refractivity contribution in [1.82, 2.24) is 69.1 Å². The van der Waals surface area contributed by atoms with E-state index in [1.807, 2.05) is 13.8 Å². The van der Waals surface area contributed by atoms with Gasteiger partial charge in [-0.3, -0.25) is 76.9 Å². The lowest BCUT2D eigenvalue weighted by Crippen LogP contribution is -2.60. The van der Waals surface area contributed by atoms with E-state index in [1.54, 1.807) is 30.3 Å². The van der Waals surface area contributed by atoms with Crippen molar-refractivity contribution >= 4 is 134 Å². The summed E-state index contributed by atoms with van der Waals surface area (Å²) in [7, 11) is 1.82. The number of carboxylic acid groups (broad SMARTS) is 1. The molecule has 14 amide bonds. The van der Waals surface area contributed by atoms with E-state index in [2.05, 4.69) is 84.0 Å². The van der Waals surface area contributed by atoms with Crippen LogP contribution in [0.2, 0.25) is 0 Å². The van der Waals surface area contributed by atoms with Crippen LogP contribution in [0.25, 0.3) is 0 Å². The number of primary amides is 1. The third-order valence-corrected chi connectivity index (χ3v) is 20.1. The number of halogens is 1. The van der Waals surface area contributed by atoms with Crippen molar-refractivity contribution in [3.63, 3.8) is 0 Å². The zero-order valence-electron chi connectivity index (χ0n) is 70.7. The molecule has 45 nitrogen and oxygen atoms in total. The summed E-state index contributed by atoms with van der Waals surface area (Å²) in [5.74, 6) is -14.0. The van der Waals surface area contributed by atoms with Crippen LogP contribution in [-0.2, 0) is 131 Å². The Morgan fingerprint density at radius 3 is 1.48 bits per heavy atom. The lowest BCUT2D eigenvalue weighted by molar-refractivity contribution is -0.141. The highest BCUT2D eigenvalue weighted by Gasteiger charge is 2.36. The molecule has 126 heavy (non-hydrogen) atoms. The van der Waals surface area contributed by atoms with Crippen LogP contribution in [0.5, 0.6) is 0 Å². The first-order valence-corrected chi connectivity index (χ1v) is 44.2. The summed E-state index contributed by atoms with van der Waals surface area (Å²) in [6, 6.07) is 3.46. The number of amides is 14. The molecule has 20 N–H and O–H groups in total. The first-order chi connectivity index (χ1) is 60.8. The Morgan fingerprint density at radius 1 is 0.476 bits per heavy atom. The van der Waals surface area contributed by atoms with E-state index in [4.69, 9.17) is 64.7 Å². The Labute approximate surface area is 741 Å². The number of nitrogens with two attached hydrogens (primary N) is 3. The Balaban J connectivity index is 0.00000267. The van der Waals surface area contributed by atoms with Gasteiger partial charge >= 0.3 is 5.97 Å². The van der Waals surface area contributed by atoms with E-state index in [-0.39, 0.29) is 172 Å². The van der Waals surface area contributed by atoms with Crippen molar-refractivity contribution in [1.29, 1.82) is 0 Å². The Kier molecular flexibility index (Phi) is 61.1. The monoisotopic (exact) mass is 1840 g/mol. The first kappa shape index (κ1) is 110. The van der Waals surface area contributed by atoms with Crippen molar-refractivity contribution < 1.29 is 134 Å². The number of guanidine groups is 1. The van der Waals surface area contributed by atoms with Crippen molar-refractivity contribution in [2.45, 2.75) is 101 Å². The molecule has 0 aromatic heterocycles. The molecular weight excluding hydrogens is 1720 g/mol. The number of aliphatic carboxylic acids is 1. The minimum Gasteiger partial charge on any atom is -0.481 e. The minimum atomic E-state index is -1.83. The topological polar surface area (TPSA) is 637 Å². The van der Waals surface area contributed by atoms with E-state index in [9.17, 15) is 81.4 Å². The maximum atomic E-state index is 14.6. The minimum absolute atomic E-state index is 0.00557. The van der Waals surface area contributed by atoms with Crippen molar-refractivity contribution in [2.24, 2.45) is 27.3 Å². The third kappa shape index (κ3) is 56.0. The number of hydrogen-bond acceptors (Lipinski definition) is 31. The summed E-state index contributed by atoms with van der Waals surface area (Å²) in [4.78, 5) is 207. The highest BCUT2D eigenvalue weighted by Crippen LogP contribution is 2.24. The number of carbonyl (C=O) groups excluding carboxylic acids is 14. The first-order valence-electron chi connectivity index (χ1n) is 40.6. The number of benzene rings is 2. The van der Waals surface area contributed by atoms with E-state index in [1.165, 1.54) is 30.5 Å². The van der Waals surface area contributed by atoms with E-state index in [0.717, 1.165) is 33.3 Å². The average Bonchev–Trinajstić information content (AvgIpc) is 1.11. The Morgan fingerprint density at radius 2 is 0.937 bits per heavy atom. The summed E-state index contributed by atoms with van der Waals surface area (Å²) >= 11 is 0.899. The van der Waals surface area contributed by atoms with E-state index >= 15 is 0 Å². The second-order valence-corrected chi connectivity index (χ2v) is 30.4. The number of nitrogens with one attached hydrogen (secondary N) is 13. The number of carbonyl (C=O) groups is 15. The number of thioether (sulfide) groups is 1. The van der Waals surface area contributed by atoms with Gasteiger partial charge in [-0.05, 0) is 69.2 Å². The van der Waals surface area contributed by atoms with Crippen LogP contribution in [-0.4, -0.2) is 356 Å². The molecule has 7 atom stereocenters. The third-order valence-electron chi connectivity index (χ3n) is 16.6. The van der Waals surface area contributed by atoms with Crippen molar-refractivity contribution in [3.05, 3.63) is 71.5 Å². The number of ether oxygens (including phenoxy) is 10. The molecule has 0 spiro atoms. The summed E-state index contributed by atoms with van der Waals surface area (Å²) in [6.45, 7) is 7.11. The molecule has 4 rings (SSSR count). The van der Waals surface area contributed by atoms with E-state index < -0.39 is 151 Å². The molecule has 706 valence electrons. The zero-order valence-corrected chi connectivity index (χ0v) is 73.1. The quantitative estimate of drug-likeness (QED) is 0.00964. The van der Waals surface area contributed by atoms with Crippen LogP contribution in [0, 0.1) is 5.82 Å². The number of rotatable bonds is 55. The number of hydrogen-bond donors (Lipinski definition) is 17. The summed E-state index contributed by atoms with van der Waals surface area (Å²) < 4.78 is 66.2. The van der Waals surface area contributed by atoms with Crippen LogP contribution in [0.4, 0.5) is 4.39 Å². The van der Waals surface area contributed by atoms with Gasteiger partial charge < -0.3 is 144 Å². The lowest BCUT2D eigenvalue weighted by atomic mass is 10.0. The fourth-order valence-electron chi connectivity index (χ4n) is 10.4. The maximum absolute atomic E-state index is 14.6. The van der Waals surface area contributed by atoms with Gasteiger partial charge in [0.2, 0.25) is 76.8 Å². The summed E-state index contributed by atoms with van der Waals surface area (Å²) in [5, 5.41) is 47.2. The van der Waals surface area contributed by atoms with Crippen LogP contribution in [0.1, 0.15) is 63.5 Å². The van der Waals surface area contributed by atoms with Gasteiger partial charge in [0.1, 0.15) is 74.5 Å². The molecule has 49 heteroatoms. The normalized spacial score (nSPS) is 18.2. The van der Waals surface area contributed by atoms with Crippen molar-refractivity contribution in [2.75, 3.05) is 208 Å². The summed E-state index contributed by atoms with van der Waals surface area (Å²) in [5.41, 5.74) is 17.0.